The number of fused-ring (bicyclic) bond motifs is 1. The Morgan fingerprint density at radius 2 is 2.33 bits per heavy atom. The van der Waals surface area contributed by atoms with E-state index < -0.39 is 5.76 Å². The first-order valence-corrected chi connectivity index (χ1v) is 5.30. The first kappa shape index (κ1) is 10.4. The van der Waals surface area contributed by atoms with Gasteiger partial charge in [-0.1, -0.05) is 6.08 Å². The predicted molar refractivity (Wildman–Crippen MR) is 63.3 cm³/mol. The summed E-state index contributed by atoms with van der Waals surface area (Å²) >= 11 is 1.87. The van der Waals surface area contributed by atoms with Crippen LogP contribution in [0.5, 0.6) is 0 Å². The summed E-state index contributed by atoms with van der Waals surface area (Å²) < 4.78 is 19.9. The van der Waals surface area contributed by atoms with Crippen LogP contribution in [-0.2, 0) is 6.54 Å². The Hall–Kier alpha value is -1.11. The smallest absolute Gasteiger partial charge is 0.408 e. The number of benzene rings is 1. The monoisotopic (exact) mass is 319 g/mol. The molecule has 0 bridgehead atoms. The van der Waals surface area contributed by atoms with E-state index in [1.54, 1.807) is 12.1 Å². The summed E-state index contributed by atoms with van der Waals surface area (Å²) in [5, 5.41) is 0. The van der Waals surface area contributed by atoms with E-state index in [4.69, 9.17) is 4.42 Å². The summed E-state index contributed by atoms with van der Waals surface area (Å²) in [7, 11) is 0. The predicted octanol–water partition coefficient (Wildman–Crippen LogP) is 2.52. The van der Waals surface area contributed by atoms with E-state index in [0.717, 1.165) is 0 Å². The number of rotatable bonds is 2. The molecule has 0 unspecified atom stereocenters. The number of hydrogen-bond acceptors (Lipinski definition) is 2. The Bertz CT molecular complexity index is 585. The van der Waals surface area contributed by atoms with Gasteiger partial charge in [0.15, 0.2) is 5.58 Å². The first-order chi connectivity index (χ1) is 7.13. The molecule has 0 amide bonds. The first-order valence-electron chi connectivity index (χ1n) is 4.22. The molecule has 0 saturated heterocycles. The summed E-state index contributed by atoms with van der Waals surface area (Å²) in [6, 6.07) is 2.80. The lowest BCUT2D eigenvalue weighted by molar-refractivity contribution is 0.517. The van der Waals surface area contributed by atoms with Crippen molar-refractivity contribution >= 4 is 33.7 Å². The lowest BCUT2D eigenvalue weighted by atomic mass is 10.3. The van der Waals surface area contributed by atoms with Gasteiger partial charge in [-0.25, -0.2) is 9.18 Å². The van der Waals surface area contributed by atoms with Crippen molar-refractivity contribution in [2.75, 3.05) is 0 Å². The summed E-state index contributed by atoms with van der Waals surface area (Å²) in [6.45, 7) is 3.90. The zero-order valence-corrected chi connectivity index (χ0v) is 9.82. The van der Waals surface area contributed by atoms with Crippen LogP contribution in [0.2, 0.25) is 0 Å². The molecular formula is C10H7FINO2. The topological polar surface area (TPSA) is 35.1 Å². The highest BCUT2D eigenvalue weighted by molar-refractivity contribution is 14.1. The van der Waals surface area contributed by atoms with Gasteiger partial charge in [-0.3, -0.25) is 4.57 Å². The highest BCUT2D eigenvalue weighted by Crippen LogP contribution is 2.19. The van der Waals surface area contributed by atoms with Crippen LogP contribution in [0.15, 0.2) is 34.0 Å². The van der Waals surface area contributed by atoms with Gasteiger partial charge in [0.1, 0.15) is 5.82 Å². The van der Waals surface area contributed by atoms with Gasteiger partial charge in [-0.15, -0.1) is 6.58 Å². The number of halogens is 2. The fraction of sp³-hybridized carbons (Fsp3) is 0.100. The van der Waals surface area contributed by atoms with Crippen molar-refractivity contribution in [2.45, 2.75) is 6.54 Å². The molecule has 0 fully saturated rings. The van der Waals surface area contributed by atoms with Crippen molar-refractivity contribution in [1.29, 1.82) is 0 Å². The molecule has 2 aromatic rings. The third kappa shape index (κ3) is 1.71. The number of allylic oxidation sites excluding steroid dienone is 1. The van der Waals surface area contributed by atoms with Gasteiger partial charge in [-0.2, -0.15) is 0 Å². The minimum Gasteiger partial charge on any atom is -0.408 e. The summed E-state index contributed by atoms with van der Waals surface area (Å²) in [5.41, 5.74) is 0.852. The SMILES string of the molecule is C=CCn1c(=O)oc2cc(F)c(I)cc21. The quantitative estimate of drug-likeness (QED) is 0.630. The molecule has 3 nitrogen and oxygen atoms in total. The lowest BCUT2D eigenvalue weighted by Gasteiger charge is -1.97. The Morgan fingerprint density at radius 1 is 1.60 bits per heavy atom. The second-order valence-electron chi connectivity index (χ2n) is 3.00. The summed E-state index contributed by atoms with van der Waals surface area (Å²) in [5.74, 6) is -0.881. The fourth-order valence-electron chi connectivity index (χ4n) is 1.36. The highest BCUT2D eigenvalue weighted by atomic mass is 127. The summed E-state index contributed by atoms with van der Waals surface area (Å²) in [6.07, 6.45) is 1.59. The normalized spacial score (nSPS) is 10.8. The average Bonchev–Trinajstić information content (AvgIpc) is 2.46. The largest absolute Gasteiger partial charge is 0.420 e. The molecule has 5 heteroatoms. The molecule has 0 aliphatic carbocycles. The number of aromatic nitrogens is 1. The van der Waals surface area contributed by atoms with E-state index in [1.807, 2.05) is 22.6 Å². The van der Waals surface area contributed by atoms with Crippen LogP contribution in [0.4, 0.5) is 4.39 Å². The van der Waals surface area contributed by atoms with Gasteiger partial charge in [0.25, 0.3) is 0 Å². The van der Waals surface area contributed by atoms with Crippen molar-refractivity contribution in [3.8, 4) is 0 Å². The van der Waals surface area contributed by atoms with Gasteiger partial charge < -0.3 is 4.42 Å². The zero-order chi connectivity index (χ0) is 11.0. The second kappa shape index (κ2) is 3.80. The molecule has 0 aliphatic rings. The minimum atomic E-state index is -0.494. The molecular weight excluding hydrogens is 312 g/mol. The molecule has 1 heterocycles. The third-order valence-electron chi connectivity index (χ3n) is 2.02. The maximum atomic E-state index is 13.2. The maximum Gasteiger partial charge on any atom is 0.420 e. The number of oxazole rings is 1. The standard InChI is InChI=1S/C10H7FINO2/c1-2-3-13-8-5-7(12)6(11)4-9(8)15-10(13)14/h2,4-5H,1,3H2. The molecule has 2 rings (SSSR count). The van der Waals surface area contributed by atoms with Crippen molar-refractivity contribution in [3.63, 3.8) is 0 Å². The van der Waals surface area contributed by atoms with Crippen LogP contribution >= 0.6 is 22.6 Å². The molecule has 0 spiro atoms. The van der Waals surface area contributed by atoms with E-state index in [0.29, 0.717) is 15.6 Å². The van der Waals surface area contributed by atoms with Gasteiger partial charge in [0, 0.05) is 12.6 Å². The summed E-state index contributed by atoms with van der Waals surface area (Å²) in [4.78, 5) is 11.4. The molecule has 0 saturated carbocycles. The van der Waals surface area contributed by atoms with Crippen LogP contribution in [0.3, 0.4) is 0 Å². The van der Waals surface area contributed by atoms with E-state index in [9.17, 15) is 9.18 Å². The maximum absolute atomic E-state index is 13.2. The average molecular weight is 319 g/mol. The molecule has 0 atom stereocenters. The van der Waals surface area contributed by atoms with Crippen LogP contribution < -0.4 is 5.76 Å². The molecule has 78 valence electrons. The Kier molecular flexibility index (Phi) is 2.64. The molecule has 0 radical (unpaired) electrons. The van der Waals surface area contributed by atoms with E-state index in [2.05, 4.69) is 6.58 Å². The minimum absolute atomic E-state index is 0.264. The van der Waals surface area contributed by atoms with E-state index in [1.165, 1.54) is 10.6 Å². The van der Waals surface area contributed by atoms with Crippen molar-refractivity contribution < 1.29 is 8.81 Å². The van der Waals surface area contributed by atoms with E-state index >= 15 is 0 Å². The second-order valence-corrected chi connectivity index (χ2v) is 4.16. The van der Waals surface area contributed by atoms with Crippen LogP contribution in [0.1, 0.15) is 0 Å². The van der Waals surface area contributed by atoms with Crippen molar-refractivity contribution in [3.05, 3.63) is 44.7 Å². The van der Waals surface area contributed by atoms with Gasteiger partial charge in [0.05, 0.1) is 9.09 Å². The van der Waals surface area contributed by atoms with Gasteiger partial charge in [-0.05, 0) is 28.7 Å². The Balaban J connectivity index is 2.81. The molecule has 15 heavy (non-hydrogen) atoms. The molecule has 0 N–H and O–H groups in total. The third-order valence-corrected chi connectivity index (χ3v) is 2.85. The molecule has 1 aromatic heterocycles. The van der Waals surface area contributed by atoms with Crippen LogP contribution in [0, 0.1) is 9.39 Å². The molecule has 0 aliphatic heterocycles. The Labute approximate surface area is 98.3 Å². The van der Waals surface area contributed by atoms with Gasteiger partial charge >= 0.3 is 5.76 Å². The highest BCUT2D eigenvalue weighted by Gasteiger charge is 2.11. The number of nitrogens with zero attached hydrogens (tertiary/aromatic N) is 1. The van der Waals surface area contributed by atoms with Crippen LogP contribution in [0.25, 0.3) is 11.1 Å². The molecule has 1 aromatic carbocycles. The number of hydrogen-bond donors (Lipinski definition) is 0. The van der Waals surface area contributed by atoms with Crippen LogP contribution in [-0.4, -0.2) is 4.57 Å². The fourth-order valence-corrected chi connectivity index (χ4v) is 1.81. The zero-order valence-electron chi connectivity index (χ0n) is 7.67. The van der Waals surface area contributed by atoms with E-state index in [-0.39, 0.29) is 11.4 Å². The van der Waals surface area contributed by atoms with Gasteiger partial charge in [0.2, 0.25) is 0 Å². The van der Waals surface area contributed by atoms with Crippen molar-refractivity contribution in [1.82, 2.24) is 4.57 Å². The lowest BCUT2D eigenvalue weighted by Crippen LogP contribution is -2.12. The Morgan fingerprint density at radius 3 is 3.00 bits per heavy atom. The van der Waals surface area contributed by atoms with Crippen molar-refractivity contribution in [2.24, 2.45) is 0 Å².